The van der Waals surface area contributed by atoms with E-state index in [1.54, 1.807) is 6.07 Å². The van der Waals surface area contributed by atoms with Crippen molar-refractivity contribution in [1.82, 2.24) is 9.97 Å². The first kappa shape index (κ1) is 18.8. The summed E-state index contributed by atoms with van der Waals surface area (Å²) in [5.41, 5.74) is 1.22. The third-order valence-electron chi connectivity index (χ3n) is 4.65. The van der Waals surface area contributed by atoms with Crippen molar-refractivity contribution in [3.63, 3.8) is 0 Å². The zero-order valence-electron chi connectivity index (χ0n) is 14.8. The number of fused-ring (bicyclic) bond motifs is 1. The van der Waals surface area contributed by atoms with Gasteiger partial charge in [0.05, 0.1) is 10.5 Å². The predicted molar refractivity (Wildman–Crippen MR) is 103 cm³/mol. The maximum absolute atomic E-state index is 12.6. The predicted octanol–water partition coefficient (Wildman–Crippen LogP) is 5.84. The summed E-state index contributed by atoms with van der Waals surface area (Å²) in [6.45, 7) is 1.58. The molecule has 0 radical (unpaired) electrons. The molecule has 0 saturated carbocycles. The number of piperidine rings is 1. The van der Waals surface area contributed by atoms with Crippen molar-refractivity contribution in [2.75, 3.05) is 18.0 Å². The average Bonchev–Trinajstić information content (AvgIpc) is 2.67. The Balaban J connectivity index is 1.88. The van der Waals surface area contributed by atoms with E-state index < -0.39 is 6.36 Å². The topological polar surface area (TPSA) is 38.3 Å². The minimum atomic E-state index is -4.75. The van der Waals surface area contributed by atoms with Crippen LogP contribution in [0, 0.1) is 0 Å². The maximum Gasteiger partial charge on any atom is 0.573 e. The van der Waals surface area contributed by atoms with E-state index in [4.69, 9.17) is 11.6 Å². The van der Waals surface area contributed by atoms with Crippen LogP contribution in [0.2, 0.25) is 5.02 Å². The fraction of sp³-hybridized carbons (Fsp3) is 0.300. The zero-order chi connectivity index (χ0) is 19.7. The molecule has 2 aromatic carbocycles. The highest BCUT2D eigenvalue weighted by molar-refractivity contribution is 6.33. The lowest BCUT2D eigenvalue weighted by molar-refractivity contribution is -0.274. The molecule has 4 nitrogen and oxygen atoms in total. The van der Waals surface area contributed by atoms with Gasteiger partial charge in [0.1, 0.15) is 11.6 Å². The third kappa shape index (κ3) is 3.99. The molecule has 146 valence electrons. The van der Waals surface area contributed by atoms with E-state index in [0.29, 0.717) is 33.1 Å². The average molecular weight is 408 g/mol. The van der Waals surface area contributed by atoms with Gasteiger partial charge in [-0.1, -0.05) is 23.7 Å². The Bertz CT molecular complexity index is 1000. The molecule has 0 unspecified atom stereocenters. The first-order chi connectivity index (χ1) is 13.4. The molecule has 3 aromatic rings. The number of aromatic nitrogens is 2. The molecule has 0 spiro atoms. The van der Waals surface area contributed by atoms with Crippen LogP contribution in [0.1, 0.15) is 19.3 Å². The summed E-state index contributed by atoms with van der Waals surface area (Å²) in [6, 6.07) is 11.4. The largest absolute Gasteiger partial charge is 0.573 e. The highest BCUT2D eigenvalue weighted by Gasteiger charge is 2.31. The van der Waals surface area contributed by atoms with Crippen LogP contribution in [-0.2, 0) is 0 Å². The molecule has 8 heteroatoms. The number of alkyl halides is 3. The quantitative estimate of drug-likeness (QED) is 0.546. The fourth-order valence-corrected chi connectivity index (χ4v) is 3.62. The molecule has 1 aromatic heterocycles. The van der Waals surface area contributed by atoms with Gasteiger partial charge in [0.15, 0.2) is 5.82 Å². The van der Waals surface area contributed by atoms with Crippen molar-refractivity contribution >= 4 is 28.3 Å². The van der Waals surface area contributed by atoms with Crippen molar-refractivity contribution in [2.45, 2.75) is 25.6 Å². The fourth-order valence-electron chi connectivity index (χ4n) is 3.40. The van der Waals surface area contributed by atoms with E-state index in [1.807, 2.05) is 18.2 Å². The Labute approximate surface area is 164 Å². The number of ether oxygens (including phenoxy) is 1. The number of anilines is 1. The Morgan fingerprint density at radius 3 is 2.43 bits per heavy atom. The first-order valence-electron chi connectivity index (χ1n) is 8.98. The van der Waals surface area contributed by atoms with Gasteiger partial charge in [-0.25, -0.2) is 9.97 Å². The molecule has 0 N–H and O–H groups in total. The highest BCUT2D eigenvalue weighted by Crippen LogP contribution is 2.34. The molecule has 1 aliphatic heterocycles. The zero-order valence-corrected chi connectivity index (χ0v) is 15.6. The summed E-state index contributed by atoms with van der Waals surface area (Å²) in [7, 11) is 0. The summed E-state index contributed by atoms with van der Waals surface area (Å²) in [5.74, 6) is 0.766. The lowest BCUT2D eigenvalue weighted by Crippen LogP contribution is -2.30. The van der Waals surface area contributed by atoms with Gasteiger partial charge in [0.25, 0.3) is 0 Å². The Kier molecular flexibility index (Phi) is 5.02. The van der Waals surface area contributed by atoms with Gasteiger partial charge in [-0.15, -0.1) is 13.2 Å². The Hall–Kier alpha value is -2.54. The number of benzene rings is 2. The molecule has 0 bridgehead atoms. The van der Waals surface area contributed by atoms with Gasteiger partial charge >= 0.3 is 6.36 Å². The molecule has 0 atom stereocenters. The molecule has 1 saturated heterocycles. The molecule has 1 aliphatic rings. The smallest absolute Gasteiger partial charge is 0.406 e. The number of nitrogens with zero attached hydrogens (tertiary/aromatic N) is 3. The van der Waals surface area contributed by atoms with Gasteiger partial charge in [0.2, 0.25) is 0 Å². The van der Waals surface area contributed by atoms with Crippen LogP contribution in [0.5, 0.6) is 5.75 Å². The minimum Gasteiger partial charge on any atom is -0.406 e. The van der Waals surface area contributed by atoms with E-state index in [2.05, 4.69) is 19.6 Å². The van der Waals surface area contributed by atoms with Crippen molar-refractivity contribution in [2.24, 2.45) is 0 Å². The van der Waals surface area contributed by atoms with Crippen LogP contribution >= 0.6 is 11.6 Å². The van der Waals surface area contributed by atoms with Gasteiger partial charge in [-0.05, 0) is 49.6 Å². The maximum atomic E-state index is 12.6. The standard InChI is InChI=1S/C20H17ClF3N3O/c21-16-7-3-2-6-14(16)18-25-17-9-8-13(28-20(22,23)24)12-15(17)19(26-18)27-10-4-1-5-11-27/h2-3,6-9,12H,1,4-5,10-11H2. The van der Waals surface area contributed by atoms with Crippen molar-refractivity contribution in [3.8, 4) is 17.1 Å². The van der Waals surface area contributed by atoms with Crippen LogP contribution < -0.4 is 9.64 Å². The third-order valence-corrected chi connectivity index (χ3v) is 4.98. The Morgan fingerprint density at radius 1 is 0.964 bits per heavy atom. The second kappa shape index (κ2) is 7.47. The summed E-state index contributed by atoms with van der Waals surface area (Å²) in [4.78, 5) is 11.3. The lowest BCUT2D eigenvalue weighted by Gasteiger charge is -2.29. The monoisotopic (exact) mass is 407 g/mol. The van der Waals surface area contributed by atoms with Gasteiger partial charge in [-0.3, -0.25) is 0 Å². The lowest BCUT2D eigenvalue weighted by atomic mass is 10.1. The van der Waals surface area contributed by atoms with Crippen LogP contribution in [0.15, 0.2) is 42.5 Å². The summed E-state index contributed by atoms with van der Waals surface area (Å²) in [5, 5.41) is 1.04. The highest BCUT2D eigenvalue weighted by atomic mass is 35.5. The summed E-state index contributed by atoms with van der Waals surface area (Å²) in [6.07, 6.45) is -1.62. The number of rotatable bonds is 3. The SMILES string of the molecule is FC(F)(F)Oc1ccc2nc(-c3ccccc3Cl)nc(N3CCCCC3)c2c1. The van der Waals surface area contributed by atoms with Crippen LogP contribution in [-0.4, -0.2) is 29.4 Å². The molecule has 0 aliphatic carbocycles. The molecule has 2 heterocycles. The molecular formula is C20H17ClF3N3O. The number of halogens is 4. The summed E-state index contributed by atoms with van der Waals surface area (Å²) < 4.78 is 42.0. The molecule has 0 amide bonds. The van der Waals surface area contributed by atoms with E-state index in [1.165, 1.54) is 18.2 Å². The first-order valence-corrected chi connectivity index (χ1v) is 9.36. The summed E-state index contributed by atoms with van der Waals surface area (Å²) >= 11 is 6.31. The van der Waals surface area contributed by atoms with Crippen molar-refractivity contribution in [3.05, 3.63) is 47.5 Å². The van der Waals surface area contributed by atoms with Gasteiger partial charge < -0.3 is 9.64 Å². The Morgan fingerprint density at radius 2 is 1.71 bits per heavy atom. The van der Waals surface area contributed by atoms with Crippen molar-refractivity contribution in [1.29, 1.82) is 0 Å². The van der Waals surface area contributed by atoms with Crippen LogP contribution in [0.3, 0.4) is 0 Å². The number of hydrogen-bond acceptors (Lipinski definition) is 4. The molecule has 4 rings (SSSR count). The van der Waals surface area contributed by atoms with E-state index >= 15 is 0 Å². The molecular weight excluding hydrogens is 391 g/mol. The normalized spacial score (nSPS) is 15.1. The van der Waals surface area contributed by atoms with Gasteiger partial charge in [-0.2, -0.15) is 0 Å². The number of hydrogen-bond donors (Lipinski definition) is 0. The second-order valence-corrected chi connectivity index (χ2v) is 7.03. The van der Waals surface area contributed by atoms with Crippen molar-refractivity contribution < 1.29 is 17.9 Å². The molecule has 28 heavy (non-hydrogen) atoms. The van der Waals surface area contributed by atoms with Gasteiger partial charge in [0, 0.05) is 24.0 Å². The second-order valence-electron chi connectivity index (χ2n) is 6.63. The van der Waals surface area contributed by atoms with E-state index in [-0.39, 0.29) is 5.75 Å². The van der Waals surface area contributed by atoms with Crippen LogP contribution in [0.4, 0.5) is 19.0 Å². The minimum absolute atomic E-state index is 0.285. The molecule has 1 fully saturated rings. The van der Waals surface area contributed by atoms with E-state index in [0.717, 1.165) is 32.4 Å². The van der Waals surface area contributed by atoms with E-state index in [9.17, 15) is 13.2 Å². The van der Waals surface area contributed by atoms with Crippen LogP contribution in [0.25, 0.3) is 22.3 Å².